The van der Waals surface area contributed by atoms with E-state index in [4.69, 9.17) is 0 Å². The average Bonchev–Trinajstić information content (AvgIpc) is 3.11. The van der Waals surface area contributed by atoms with Crippen LogP contribution >= 0.6 is 11.3 Å². The van der Waals surface area contributed by atoms with Crippen molar-refractivity contribution < 1.29 is 4.79 Å². The van der Waals surface area contributed by atoms with Crippen molar-refractivity contribution in [2.75, 3.05) is 20.6 Å². The smallest absolute Gasteiger partial charge is 0.315 e. The molecular weight excluding hydrogens is 298 g/mol. The van der Waals surface area contributed by atoms with Gasteiger partial charge >= 0.3 is 6.03 Å². The maximum atomic E-state index is 12.0. The molecule has 0 aromatic carbocycles. The van der Waals surface area contributed by atoms with Crippen molar-refractivity contribution in [1.82, 2.24) is 25.3 Å². The van der Waals surface area contributed by atoms with Crippen LogP contribution in [0.5, 0.6) is 0 Å². The summed E-state index contributed by atoms with van der Waals surface area (Å²) in [6.45, 7) is 3.19. The first-order valence-corrected chi connectivity index (χ1v) is 8.16. The van der Waals surface area contributed by atoms with Gasteiger partial charge in [-0.2, -0.15) is 5.10 Å². The lowest BCUT2D eigenvalue weighted by atomic mass is 10.2. The number of nitrogens with zero attached hydrogens (tertiary/aromatic N) is 3. The molecule has 0 spiro atoms. The molecule has 2 aromatic heterocycles. The lowest BCUT2D eigenvalue weighted by Crippen LogP contribution is -2.45. The monoisotopic (exact) mass is 321 g/mol. The Morgan fingerprint density at radius 3 is 2.86 bits per heavy atom. The third-order valence-electron chi connectivity index (χ3n) is 3.35. The molecule has 0 unspecified atom stereocenters. The maximum absolute atomic E-state index is 12.0. The largest absolute Gasteiger partial charge is 0.336 e. The highest BCUT2D eigenvalue weighted by Crippen LogP contribution is 2.22. The summed E-state index contributed by atoms with van der Waals surface area (Å²) in [6.07, 6.45) is 3.62. The van der Waals surface area contributed by atoms with Crippen molar-refractivity contribution in [3.8, 4) is 0 Å². The van der Waals surface area contributed by atoms with E-state index in [1.807, 2.05) is 39.3 Å². The number of likely N-dealkylation sites (N-methyl/N-ethyl adjacent to an activating group) is 1. The second-order valence-corrected chi connectivity index (χ2v) is 6.46. The van der Waals surface area contributed by atoms with E-state index in [0.717, 1.165) is 0 Å². The second kappa shape index (κ2) is 7.95. The van der Waals surface area contributed by atoms with Gasteiger partial charge in [0, 0.05) is 29.9 Å². The van der Waals surface area contributed by atoms with Crippen molar-refractivity contribution in [2.24, 2.45) is 0 Å². The van der Waals surface area contributed by atoms with E-state index in [1.165, 1.54) is 4.88 Å². The minimum atomic E-state index is -0.150. The maximum Gasteiger partial charge on any atom is 0.315 e. The lowest BCUT2D eigenvalue weighted by Gasteiger charge is -2.24. The highest BCUT2D eigenvalue weighted by Gasteiger charge is 2.16. The second-order valence-electron chi connectivity index (χ2n) is 5.48. The Balaban J connectivity index is 1.78. The third kappa shape index (κ3) is 4.85. The van der Waals surface area contributed by atoms with Crippen LogP contribution in [-0.4, -0.2) is 47.4 Å². The van der Waals surface area contributed by atoms with E-state index in [1.54, 1.807) is 22.2 Å². The molecule has 0 radical (unpaired) electrons. The molecule has 0 bridgehead atoms. The predicted octanol–water partition coefficient (Wildman–Crippen LogP) is 1.94. The van der Waals surface area contributed by atoms with Gasteiger partial charge in [-0.1, -0.05) is 6.07 Å². The number of aromatic nitrogens is 2. The van der Waals surface area contributed by atoms with Crippen molar-refractivity contribution in [3.05, 3.63) is 40.8 Å². The zero-order valence-corrected chi connectivity index (χ0v) is 14.0. The van der Waals surface area contributed by atoms with E-state index >= 15 is 0 Å². The molecule has 2 heterocycles. The minimum Gasteiger partial charge on any atom is -0.336 e. The van der Waals surface area contributed by atoms with Gasteiger partial charge in [0.2, 0.25) is 0 Å². The Morgan fingerprint density at radius 2 is 2.27 bits per heavy atom. The molecule has 2 amide bonds. The number of thiophene rings is 1. The molecule has 0 saturated carbocycles. The summed E-state index contributed by atoms with van der Waals surface area (Å²) in [4.78, 5) is 15.4. The van der Waals surface area contributed by atoms with Gasteiger partial charge in [0.05, 0.1) is 12.6 Å². The van der Waals surface area contributed by atoms with Crippen molar-refractivity contribution in [1.29, 1.82) is 0 Å². The van der Waals surface area contributed by atoms with Gasteiger partial charge in [0.25, 0.3) is 0 Å². The molecule has 22 heavy (non-hydrogen) atoms. The number of rotatable bonds is 7. The summed E-state index contributed by atoms with van der Waals surface area (Å²) in [6, 6.07) is 6.04. The van der Waals surface area contributed by atoms with Crippen molar-refractivity contribution >= 4 is 17.4 Å². The Kier molecular flexibility index (Phi) is 5.97. The number of hydrogen-bond acceptors (Lipinski definition) is 4. The first-order chi connectivity index (χ1) is 10.6. The number of carbonyl (C=O) groups excluding carboxylic acids is 1. The molecule has 0 saturated heterocycles. The molecular formula is C15H23N5OS. The van der Waals surface area contributed by atoms with Crippen LogP contribution in [0.2, 0.25) is 0 Å². The van der Waals surface area contributed by atoms with Gasteiger partial charge in [-0.25, -0.2) is 4.79 Å². The van der Waals surface area contributed by atoms with Crippen LogP contribution in [0, 0.1) is 0 Å². The van der Waals surface area contributed by atoms with Crippen LogP contribution in [0.25, 0.3) is 0 Å². The molecule has 0 fully saturated rings. The number of urea groups is 1. The molecule has 2 atom stereocenters. The van der Waals surface area contributed by atoms with Crippen LogP contribution < -0.4 is 10.6 Å². The number of nitrogens with one attached hydrogen (secondary N) is 2. The van der Waals surface area contributed by atoms with Crippen LogP contribution in [0.4, 0.5) is 4.79 Å². The molecule has 7 heteroatoms. The molecule has 0 aliphatic heterocycles. The summed E-state index contributed by atoms with van der Waals surface area (Å²) < 4.78 is 1.80. The summed E-state index contributed by atoms with van der Waals surface area (Å²) in [5.41, 5.74) is 0. The fourth-order valence-corrected chi connectivity index (χ4v) is 3.14. The Hall–Kier alpha value is -1.86. The van der Waals surface area contributed by atoms with Gasteiger partial charge in [0.1, 0.15) is 0 Å². The van der Waals surface area contributed by atoms with Gasteiger partial charge in [-0.3, -0.25) is 4.68 Å². The normalized spacial score (nSPS) is 13.8. The molecule has 2 N–H and O–H groups in total. The summed E-state index contributed by atoms with van der Waals surface area (Å²) in [7, 11) is 4.04. The average molecular weight is 321 g/mol. The zero-order valence-electron chi connectivity index (χ0n) is 13.2. The molecule has 120 valence electrons. The van der Waals surface area contributed by atoms with Gasteiger partial charge < -0.3 is 15.5 Å². The van der Waals surface area contributed by atoms with E-state index in [0.29, 0.717) is 13.1 Å². The Morgan fingerprint density at radius 1 is 1.45 bits per heavy atom. The summed E-state index contributed by atoms with van der Waals surface area (Å²) in [5, 5.41) is 12.1. The Bertz CT molecular complexity index is 553. The molecule has 0 aliphatic carbocycles. The fraction of sp³-hybridized carbons (Fsp3) is 0.467. The van der Waals surface area contributed by atoms with Crippen LogP contribution in [-0.2, 0) is 6.54 Å². The molecule has 6 nitrogen and oxygen atoms in total. The van der Waals surface area contributed by atoms with Crippen molar-refractivity contribution in [3.63, 3.8) is 0 Å². The SMILES string of the molecule is C[C@H](Cn1cccn1)NC(=O)NC[C@H](c1cccs1)N(C)C. The minimum absolute atomic E-state index is 0.0134. The number of amides is 2. The first kappa shape index (κ1) is 16.5. The van der Waals surface area contributed by atoms with Gasteiger partial charge in [0.15, 0.2) is 0 Å². The standard InChI is InChI=1S/C15H23N5OS/c1-12(11-20-8-5-7-17-20)18-15(21)16-10-13(19(2)3)14-6-4-9-22-14/h4-9,12-13H,10-11H2,1-3H3,(H2,16,18,21)/t12-,13-/m1/s1. The molecule has 2 rings (SSSR count). The van der Waals surface area contributed by atoms with Crippen LogP contribution in [0.3, 0.4) is 0 Å². The van der Waals surface area contributed by atoms with Gasteiger partial charge in [-0.15, -0.1) is 11.3 Å². The van der Waals surface area contributed by atoms with Crippen LogP contribution in [0.1, 0.15) is 17.8 Å². The molecule has 0 aliphatic rings. The Labute approximate surface area is 135 Å². The predicted molar refractivity (Wildman–Crippen MR) is 89.0 cm³/mol. The molecule has 2 aromatic rings. The summed E-state index contributed by atoms with van der Waals surface area (Å²) >= 11 is 1.70. The highest BCUT2D eigenvalue weighted by atomic mass is 32.1. The third-order valence-corrected chi connectivity index (χ3v) is 4.32. The first-order valence-electron chi connectivity index (χ1n) is 7.28. The zero-order chi connectivity index (χ0) is 15.9. The van der Waals surface area contributed by atoms with E-state index in [-0.39, 0.29) is 18.1 Å². The number of carbonyl (C=O) groups is 1. The van der Waals surface area contributed by atoms with Crippen molar-refractivity contribution in [2.45, 2.75) is 25.6 Å². The van der Waals surface area contributed by atoms with E-state index in [9.17, 15) is 4.79 Å². The van der Waals surface area contributed by atoms with Crippen LogP contribution in [0.15, 0.2) is 36.0 Å². The summed E-state index contributed by atoms with van der Waals surface area (Å²) in [5.74, 6) is 0. The topological polar surface area (TPSA) is 62.2 Å². The number of hydrogen-bond donors (Lipinski definition) is 2. The van der Waals surface area contributed by atoms with Gasteiger partial charge in [-0.05, 0) is 38.5 Å². The fourth-order valence-electron chi connectivity index (χ4n) is 2.22. The highest BCUT2D eigenvalue weighted by molar-refractivity contribution is 7.10. The lowest BCUT2D eigenvalue weighted by molar-refractivity contribution is 0.229. The quantitative estimate of drug-likeness (QED) is 0.819. The van der Waals surface area contributed by atoms with E-state index < -0.39 is 0 Å². The van der Waals surface area contributed by atoms with E-state index in [2.05, 4.69) is 32.1 Å².